The summed E-state index contributed by atoms with van der Waals surface area (Å²) in [5.74, 6) is 0.448. The minimum atomic E-state index is -0.944. The number of para-hydroxylation sites is 2. The Bertz CT molecular complexity index is 1280. The second kappa shape index (κ2) is 10.9. The largest absolute Gasteiger partial charge is 0.467 e. The first-order valence-corrected chi connectivity index (χ1v) is 14.0. The number of carbonyl (C=O) groups is 2. The molecule has 186 valence electrons. The normalized spacial score (nSPS) is 15.9. The van der Waals surface area contributed by atoms with Crippen LogP contribution in [0.2, 0.25) is 0 Å². The van der Waals surface area contributed by atoms with E-state index in [1.165, 1.54) is 11.8 Å². The van der Waals surface area contributed by atoms with Crippen LogP contribution in [0.5, 0.6) is 0 Å². The molecule has 2 heterocycles. The van der Waals surface area contributed by atoms with E-state index in [-0.39, 0.29) is 18.4 Å². The summed E-state index contributed by atoms with van der Waals surface area (Å²) in [5, 5.41) is 2.68. The van der Waals surface area contributed by atoms with E-state index in [4.69, 9.17) is 9.40 Å². The highest BCUT2D eigenvalue weighted by Crippen LogP contribution is 2.39. The van der Waals surface area contributed by atoms with Crippen LogP contribution in [-0.2, 0) is 16.1 Å². The van der Waals surface area contributed by atoms with Gasteiger partial charge in [0.25, 0.3) is 0 Å². The molecule has 1 saturated carbocycles. The Kier molecular flexibility index (Phi) is 7.43. The molecule has 1 atom stereocenters. The molecule has 5 rings (SSSR count). The van der Waals surface area contributed by atoms with E-state index in [0.717, 1.165) is 39.5 Å². The highest BCUT2D eigenvalue weighted by atomic mass is 32.2. The Morgan fingerprint density at radius 2 is 1.81 bits per heavy atom. The van der Waals surface area contributed by atoms with E-state index in [0.29, 0.717) is 18.6 Å². The Morgan fingerprint density at radius 1 is 1.06 bits per heavy atom. The SMILES string of the molecule is C[C@@H](Sc1nc2ccccc2s1)C(=O)N(Cc1ccco1)C1(C(=O)Nc2ccccc2)CCCCC1. The van der Waals surface area contributed by atoms with Crippen molar-refractivity contribution in [1.29, 1.82) is 0 Å². The van der Waals surface area contributed by atoms with Gasteiger partial charge in [0.1, 0.15) is 11.3 Å². The first-order chi connectivity index (χ1) is 17.5. The van der Waals surface area contributed by atoms with E-state index in [2.05, 4.69) is 5.32 Å². The molecule has 0 bridgehead atoms. The number of nitrogens with one attached hydrogen (secondary N) is 1. The Labute approximate surface area is 219 Å². The van der Waals surface area contributed by atoms with Gasteiger partial charge in [-0.3, -0.25) is 9.59 Å². The molecule has 0 unspecified atom stereocenters. The van der Waals surface area contributed by atoms with Crippen molar-refractivity contribution in [2.24, 2.45) is 0 Å². The first kappa shape index (κ1) is 24.6. The molecule has 0 saturated heterocycles. The average Bonchev–Trinajstić information content (AvgIpc) is 3.57. The molecule has 1 aliphatic carbocycles. The molecule has 4 aromatic rings. The maximum atomic E-state index is 14.1. The molecule has 1 N–H and O–H groups in total. The molecule has 8 heteroatoms. The number of anilines is 1. The van der Waals surface area contributed by atoms with E-state index < -0.39 is 10.8 Å². The van der Waals surface area contributed by atoms with E-state index >= 15 is 0 Å². The van der Waals surface area contributed by atoms with Crippen LogP contribution in [0.4, 0.5) is 5.69 Å². The van der Waals surface area contributed by atoms with Crippen LogP contribution in [0.15, 0.2) is 81.8 Å². The van der Waals surface area contributed by atoms with Crippen LogP contribution in [0.3, 0.4) is 0 Å². The Hall–Kier alpha value is -3.10. The van der Waals surface area contributed by atoms with Crippen LogP contribution in [0.25, 0.3) is 10.2 Å². The second-order valence-electron chi connectivity index (χ2n) is 9.12. The Morgan fingerprint density at radius 3 is 2.53 bits per heavy atom. The van der Waals surface area contributed by atoms with Crippen molar-refractivity contribution in [3.63, 3.8) is 0 Å². The van der Waals surface area contributed by atoms with Crippen molar-refractivity contribution < 1.29 is 14.0 Å². The number of hydrogen-bond acceptors (Lipinski definition) is 6. The quantitative estimate of drug-likeness (QED) is 0.261. The van der Waals surface area contributed by atoms with Crippen LogP contribution in [0.1, 0.15) is 44.8 Å². The third-order valence-electron chi connectivity index (χ3n) is 6.71. The number of nitrogens with zero attached hydrogens (tertiary/aromatic N) is 2. The van der Waals surface area contributed by atoms with Gasteiger partial charge in [0.15, 0.2) is 4.34 Å². The molecule has 2 aromatic heterocycles. The van der Waals surface area contributed by atoms with Gasteiger partial charge < -0.3 is 14.6 Å². The number of furan rings is 1. The minimum Gasteiger partial charge on any atom is -0.467 e. The summed E-state index contributed by atoms with van der Waals surface area (Å²) >= 11 is 3.04. The zero-order chi connectivity index (χ0) is 25.0. The molecule has 2 amide bonds. The number of fused-ring (bicyclic) bond motifs is 1. The fourth-order valence-electron chi connectivity index (χ4n) is 4.85. The van der Waals surface area contributed by atoms with Crippen LogP contribution in [0, 0.1) is 0 Å². The predicted molar refractivity (Wildman–Crippen MR) is 145 cm³/mol. The lowest BCUT2D eigenvalue weighted by Crippen LogP contribution is -2.60. The van der Waals surface area contributed by atoms with Crippen molar-refractivity contribution in [2.75, 3.05) is 5.32 Å². The number of amides is 2. The van der Waals surface area contributed by atoms with Gasteiger partial charge in [-0.2, -0.15) is 0 Å². The number of benzene rings is 2. The number of thioether (sulfide) groups is 1. The number of rotatable bonds is 8. The third kappa shape index (κ3) is 5.20. The highest BCUT2D eigenvalue weighted by molar-refractivity contribution is 8.02. The van der Waals surface area contributed by atoms with Gasteiger partial charge in [-0.1, -0.05) is 61.4 Å². The van der Waals surface area contributed by atoms with Crippen LogP contribution in [-0.4, -0.2) is 32.5 Å². The summed E-state index contributed by atoms with van der Waals surface area (Å²) in [6, 6.07) is 21.1. The molecule has 2 aromatic carbocycles. The zero-order valence-corrected chi connectivity index (χ0v) is 21.8. The summed E-state index contributed by atoms with van der Waals surface area (Å²) in [4.78, 5) is 34.5. The lowest BCUT2D eigenvalue weighted by molar-refractivity contribution is -0.148. The number of aromatic nitrogens is 1. The molecule has 0 spiro atoms. The van der Waals surface area contributed by atoms with Gasteiger partial charge in [-0.25, -0.2) is 4.98 Å². The number of carbonyl (C=O) groups excluding carboxylic acids is 2. The maximum absolute atomic E-state index is 14.1. The maximum Gasteiger partial charge on any atom is 0.250 e. The van der Waals surface area contributed by atoms with Crippen molar-refractivity contribution >= 4 is 50.8 Å². The molecule has 1 fully saturated rings. The zero-order valence-electron chi connectivity index (χ0n) is 20.2. The molecular formula is C28H29N3O3S2. The molecule has 0 aliphatic heterocycles. The third-order valence-corrected chi connectivity index (χ3v) is 8.93. The lowest BCUT2D eigenvalue weighted by Gasteiger charge is -2.45. The van der Waals surface area contributed by atoms with Crippen molar-refractivity contribution in [3.05, 3.63) is 78.8 Å². The van der Waals surface area contributed by atoms with Gasteiger partial charge in [0.2, 0.25) is 11.8 Å². The molecule has 0 radical (unpaired) electrons. The molecular weight excluding hydrogens is 490 g/mol. The molecule has 36 heavy (non-hydrogen) atoms. The van der Waals surface area contributed by atoms with Gasteiger partial charge in [0, 0.05) is 5.69 Å². The number of thiazole rings is 1. The van der Waals surface area contributed by atoms with Crippen molar-refractivity contribution in [2.45, 2.75) is 60.7 Å². The second-order valence-corrected chi connectivity index (χ2v) is 11.7. The van der Waals surface area contributed by atoms with E-state index in [1.807, 2.05) is 73.7 Å². The summed E-state index contributed by atoms with van der Waals surface area (Å²) < 4.78 is 7.59. The Balaban J connectivity index is 1.45. The van der Waals surface area contributed by atoms with Gasteiger partial charge in [0.05, 0.1) is 28.3 Å². The fourth-order valence-corrected chi connectivity index (χ4v) is 7.12. The predicted octanol–water partition coefficient (Wildman–Crippen LogP) is 6.74. The van der Waals surface area contributed by atoms with Gasteiger partial charge in [-0.15, -0.1) is 11.3 Å². The average molecular weight is 520 g/mol. The summed E-state index contributed by atoms with van der Waals surface area (Å²) in [5.41, 5.74) is 0.721. The smallest absolute Gasteiger partial charge is 0.250 e. The first-order valence-electron chi connectivity index (χ1n) is 12.3. The topological polar surface area (TPSA) is 75.4 Å². The summed E-state index contributed by atoms with van der Waals surface area (Å²) in [7, 11) is 0. The molecule has 1 aliphatic rings. The monoisotopic (exact) mass is 519 g/mol. The van der Waals surface area contributed by atoms with Crippen LogP contribution < -0.4 is 5.32 Å². The number of hydrogen-bond donors (Lipinski definition) is 1. The van der Waals surface area contributed by atoms with E-state index in [1.54, 1.807) is 22.5 Å². The summed E-state index contributed by atoms with van der Waals surface area (Å²) in [6.45, 7) is 2.15. The minimum absolute atomic E-state index is 0.0826. The van der Waals surface area contributed by atoms with Crippen molar-refractivity contribution in [3.8, 4) is 0 Å². The lowest BCUT2D eigenvalue weighted by atomic mass is 9.79. The highest BCUT2D eigenvalue weighted by Gasteiger charge is 2.48. The standard InChI is InChI=1S/C28H29N3O3S2/c1-20(35-27-30-23-14-6-7-15-24(23)36-27)25(32)31(19-22-13-10-18-34-22)28(16-8-3-9-17-28)26(33)29-21-11-4-2-5-12-21/h2,4-7,10-15,18,20H,3,8-9,16-17,19H2,1H3,(H,29,33)/t20-/m1/s1. The van der Waals surface area contributed by atoms with Gasteiger partial charge in [-0.05, 0) is 56.2 Å². The fraction of sp³-hybridized carbons (Fsp3) is 0.321. The molecule has 6 nitrogen and oxygen atoms in total. The van der Waals surface area contributed by atoms with E-state index in [9.17, 15) is 9.59 Å². The van der Waals surface area contributed by atoms with Crippen LogP contribution >= 0.6 is 23.1 Å². The van der Waals surface area contributed by atoms with Gasteiger partial charge >= 0.3 is 0 Å². The van der Waals surface area contributed by atoms with Crippen molar-refractivity contribution in [1.82, 2.24) is 9.88 Å². The summed E-state index contributed by atoms with van der Waals surface area (Å²) in [6.07, 6.45) is 5.69.